The summed E-state index contributed by atoms with van der Waals surface area (Å²) in [5.74, 6) is 0.302. The van der Waals surface area contributed by atoms with Gasteiger partial charge in [0.15, 0.2) is 0 Å². The van der Waals surface area contributed by atoms with E-state index in [9.17, 15) is 20.0 Å². The SMILES string of the molecule is O=C(NC(C1CCCCC1)C(O)C1CCCCC1)c1ccc([N+](=O)[O-])cc1. The molecule has 1 amide bonds. The molecule has 0 radical (unpaired) electrons. The molecular formula is C21H30N2O4. The molecule has 0 saturated heterocycles. The maximum Gasteiger partial charge on any atom is 0.269 e. The van der Waals surface area contributed by atoms with Crippen LogP contribution < -0.4 is 5.32 Å². The summed E-state index contributed by atoms with van der Waals surface area (Å²) in [6, 6.07) is 5.43. The summed E-state index contributed by atoms with van der Waals surface area (Å²) in [6.45, 7) is 0. The molecule has 1 aromatic carbocycles. The molecule has 0 aliphatic heterocycles. The van der Waals surface area contributed by atoms with Gasteiger partial charge in [-0.2, -0.15) is 0 Å². The number of nitrogens with one attached hydrogen (secondary N) is 1. The van der Waals surface area contributed by atoms with Gasteiger partial charge in [0, 0.05) is 17.7 Å². The molecule has 2 unspecified atom stereocenters. The number of hydrogen-bond acceptors (Lipinski definition) is 4. The summed E-state index contributed by atoms with van der Waals surface area (Å²) in [6.07, 6.45) is 10.6. The van der Waals surface area contributed by atoms with Crippen molar-refractivity contribution in [1.82, 2.24) is 5.32 Å². The third-order valence-corrected chi connectivity index (χ3v) is 6.30. The minimum atomic E-state index is -0.518. The van der Waals surface area contributed by atoms with Crippen molar-refractivity contribution in [2.45, 2.75) is 76.4 Å². The van der Waals surface area contributed by atoms with Gasteiger partial charge in [-0.05, 0) is 49.7 Å². The zero-order valence-electron chi connectivity index (χ0n) is 15.8. The molecule has 2 aliphatic rings. The van der Waals surface area contributed by atoms with Crippen molar-refractivity contribution in [1.29, 1.82) is 0 Å². The lowest BCUT2D eigenvalue weighted by Crippen LogP contribution is -2.51. The molecule has 6 heteroatoms. The fourth-order valence-corrected chi connectivity index (χ4v) is 4.71. The number of hydrogen-bond donors (Lipinski definition) is 2. The largest absolute Gasteiger partial charge is 0.391 e. The van der Waals surface area contributed by atoms with Crippen LogP contribution in [0, 0.1) is 22.0 Å². The van der Waals surface area contributed by atoms with Crippen molar-refractivity contribution >= 4 is 11.6 Å². The van der Waals surface area contributed by atoms with Crippen molar-refractivity contribution in [3.05, 3.63) is 39.9 Å². The molecule has 6 nitrogen and oxygen atoms in total. The number of aliphatic hydroxyl groups excluding tert-OH is 1. The Morgan fingerprint density at radius 3 is 2.00 bits per heavy atom. The average molecular weight is 374 g/mol. The maximum atomic E-state index is 12.8. The van der Waals surface area contributed by atoms with E-state index >= 15 is 0 Å². The average Bonchev–Trinajstić information content (AvgIpc) is 2.72. The highest BCUT2D eigenvalue weighted by Crippen LogP contribution is 2.34. The van der Waals surface area contributed by atoms with Crippen molar-refractivity contribution in [3.63, 3.8) is 0 Å². The first-order valence-corrected chi connectivity index (χ1v) is 10.3. The molecule has 1 aromatic rings. The van der Waals surface area contributed by atoms with Gasteiger partial charge < -0.3 is 10.4 Å². The molecule has 27 heavy (non-hydrogen) atoms. The maximum absolute atomic E-state index is 12.8. The number of benzene rings is 1. The molecule has 0 bridgehead atoms. The molecule has 0 aromatic heterocycles. The number of nitro groups is 1. The van der Waals surface area contributed by atoms with E-state index < -0.39 is 11.0 Å². The third-order valence-electron chi connectivity index (χ3n) is 6.30. The number of non-ortho nitro benzene ring substituents is 1. The second-order valence-corrected chi connectivity index (χ2v) is 8.09. The van der Waals surface area contributed by atoms with E-state index in [1.165, 1.54) is 37.1 Å². The summed E-state index contributed by atoms with van der Waals surface area (Å²) in [5.41, 5.74) is 0.370. The predicted octanol–water partition coefficient (Wildman–Crippen LogP) is 4.21. The van der Waals surface area contributed by atoms with Gasteiger partial charge in [0.1, 0.15) is 0 Å². The fraction of sp³-hybridized carbons (Fsp3) is 0.667. The van der Waals surface area contributed by atoms with Gasteiger partial charge in [-0.3, -0.25) is 14.9 Å². The van der Waals surface area contributed by atoms with E-state index in [0.29, 0.717) is 11.5 Å². The number of carbonyl (C=O) groups is 1. The molecule has 2 saturated carbocycles. The Kier molecular flexibility index (Phi) is 6.83. The second kappa shape index (κ2) is 9.31. The Labute approximate surface area is 160 Å². The van der Waals surface area contributed by atoms with E-state index in [1.807, 2.05) is 0 Å². The minimum absolute atomic E-state index is 0.0300. The summed E-state index contributed by atoms with van der Waals surface area (Å²) < 4.78 is 0. The Bertz CT molecular complexity index is 634. The van der Waals surface area contributed by atoms with Crippen LogP contribution in [-0.4, -0.2) is 28.1 Å². The highest BCUT2D eigenvalue weighted by Gasteiger charge is 2.35. The van der Waals surface area contributed by atoms with Gasteiger partial charge in [-0.15, -0.1) is 0 Å². The lowest BCUT2D eigenvalue weighted by atomic mass is 9.75. The highest BCUT2D eigenvalue weighted by atomic mass is 16.6. The molecule has 2 atom stereocenters. The monoisotopic (exact) mass is 374 g/mol. The topological polar surface area (TPSA) is 92.5 Å². The zero-order chi connectivity index (χ0) is 19.2. The van der Waals surface area contributed by atoms with Crippen LogP contribution in [-0.2, 0) is 0 Å². The molecule has 2 N–H and O–H groups in total. The third kappa shape index (κ3) is 5.06. The summed E-state index contributed by atoms with van der Waals surface area (Å²) in [5, 5.41) is 25.0. The Morgan fingerprint density at radius 1 is 0.963 bits per heavy atom. The number of nitrogens with zero attached hydrogens (tertiary/aromatic N) is 1. The van der Waals surface area contributed by atoms with Crippen LogP contribution in [0.25, 0.3) is 0 Å². The molecule has 3 rings (SSSR count). The van der Waals surface area contributed by atoms with Gasteiger partial charge in [0.05, 0.1) is 17.1 Å². The van der Waals surface area contributed by atoms with E-state index in [1.54, 1.807) is 0 Å². The van der Waals surface area contributed by atoms with Gasteiger partial charge in [0.25, 0.3) is 11.6 Å². The normalized spacial score (nSPS) is 21.4. The molecule has 2 aliphatic carbocycles. The number of nitro benzene ring substituents is 1. The van der Waals surface area contributed by atoms with E-state index in [0.717, 1.165) is 51.4 Å². The summed E-state index contributed by atoms with van der Waals surface area (Å²) >= 11 is 0. The van der Waals surface area contributed by atoms with E-state index in [2.05, 4.69) is 5.32 Å². The lowest BCUT2D eigenvalue weighted by molar-refractivity contribution is -0.384. The van der Waals surface area contributed by atoms with E-state index in [-0.39, 0.29) is 23.6 Å². The number of aliphatic hydroxyl groups is 1. The first-order chi connectivity index (χ1) is 13.1. The van der Waals surface area contributed by atoms with Crippen LogP contribution in [0.2, 0.25) is 0 Å². The lowest BCUT2D eigenvalue weighted by Gasteiger charge is -2.38. The van der Waals surface area contributed by atoms with Crippen LogP contribution in [0.1, 0.15) is 74.6 Å². The number of rotatable bonds is 6. The quantitative estimate of drug-likeness (QED) is 0.576. The van der Waals surface area contributed by atoms with Crippen LogP contribution in [0.5, 0.6) is 0 Å². The number of amides is 1. The minimum Gasteiger partial charge on any atom is -0.391 e. The summed E-state index contributed by atoms with van der Waals surface area (Å²) in [7, 11) is 0. The first-order valence-electron chi connectivity index (χ1n) is 10.3. The first kappa shape index (κ1) is 19.8. The summed E-state index contributed by atoms with van der Waals surface area (Å²) in [4.78, 5) is 23.1. The molecule has 0 spiro atoms. The number of carbonyl (C=O) groups excluding carboxylic acids is 1. The standard InChI is InChI=1S/C21H30N2O4/c24-20(16-9-5-2-6-10-16)19(15-7-3-1-4-8-15)22-21(25)17-11-13-18(14-12-17)23(26)27/h11-16,19-20,24H,1-10H2,(H,22,25). The van der Waals surface area contributed by atoms with Gasteiger partial charge >= 0.3 is 0 Å². The molecule has 2 fully saturated rings. The second-order valence-electron chi connectivity index (χ2n) is 8.09. The van der Waals surface area contributed by atoms with Crippen molar-refractivity contribution < 1.29 is 14.8 Å². The van der Waals surface area contributed by atoms with Gasteiger partial charge in [0.2, 0.25) is 0 Å². The highest BCUT2D eigenvalue weighted by molar-refractivity contribution is 5.94. The van der Waals surface area contributed by atoms with Crippen LogP contribution in [0.4, 0.5) is 5.69 Å². The van der Waals surface area contributed by atoms with Crippen molar-refractivity contribution in [2.75, 3.05) is 0 Å². The Morgan fingerprint density at radius 2 is 1.48 bits per heavy atom. The van der Waals surface area contributed by atoms with Gasteiger partial charge in [-0.25, -0.2) is 0 Å². The van der Waals surface area contributed by atoms with Gasteiger partial charge in [-0.1, -0.05) is 38.5 Å². The van der Waals surface area contributed by atoms with Crippen LogP contribution in [0.3, 0.4) is 0 Å². The van der Waals surface area contributed by atoms with E-state index in [4.69, 9.17) is 0 Å². The van der Waals surface area contributed by atoms with Crippen molar-refractivity contribution in [3.8, 4) is 0 Å². The Hall–Kier alpha value is -1.95. The fourth-order valence-electron chi connectivity index (χ4n) is 4.71. The Balaban J connectivity index is 1.73. The molecular weight excluding hydrogens is 344 g/mol. The van der Waals surface area contributed by atoms with Crippen LogP contribution in [0.15, 0.2) is 24.3 Å². The van der Waals surface area contributed by atoms with Crippen molar-refractivity contribution in [2.24, 2.45) is 11.8 Å². The zero-order valence-corrected chi connectivity index (χ0v) is 15.8. The smallest absolute Gasteiger partial charge is 0.269 e. The van der Waals surface area contributed by atoms with Crippen LogP contribution >= 0.6 is 0 Å². The molecule has 148 valence electrons. The predicted molar refractivity (Wildman–Crippen MR) is 104 cm³/mol. The molecule has 0 heterocycles.